The summed E-state index contributed by atoms with van der Waals surface area (Å²) in [6.45, 7) is 5.04. The van der Waals surface area contributed by atoms with Crippen LogP contribution in [0.3, 0.4) is 0 Å². The molecule has 0 unspecified atom stereocenters. The van der Waals surface area contributed by atoms with Crippen LogP contribution in [-0.4, -0.2) is 54.7 Å². The van der Waals surface area contributed by atoms with E-state index in [1.54, 1.807) is 11.0 Å². The first kappa shape index (κ1) is 22.9. The number of carbonyl (C=O) groups is 1. The maximum absolute atomic E-state index is 13.1. The molecule has 1 saturated heterocycles. The van der Waals surface area contributed by atoms with E-state index in [9.17, 15) is 13.2 Å². The normalized spacial score (nSPS) is 15.2. The molecule has 6 nitrogen and oxygen atoms in total. The summed E-state index contributed by atoms with van der Waals surface area (Å²) in [6.07, 6.45) is 0.185. The lowest BCUT2D eigenvalue weighted by Gasteiger charge is -2.34. The smallest absolute Gasteiger partial charge is 0.243 e. The molecule has 2 heterocycles. The molecular weight excluding hydrogens is 466 g/mol. The number of aromatic nitrogens is 1. The van der Waals surface area contributed by atoms with Gasteiger partial charge in [-0.1, -0.05) is 47.5 Å². The number of nitrogens with zero attached hydrogens (tertiary/aromatic N) is 3. The van der Waals surface area contributed by atoms with Crippen LogP contribution in [0.5, 0.6) is 0 Å². The summed E-state index contributed by atoms with van der Waals surface area (Å²) in [6, 6.07) is 12.8. The number of thiazole rings is 1. The fraction of sp³-hybridized carbons (Fsp3) is 0.304. The van der Waals surface area contributed by atoms with Gasteiger partial charge in [-0.15, -0.1) is 11.3 Å². The minimum absolute atomic E-state index is 0.0513. The SMILES string of the molecule is Cc1ccc(S(=O)(=O)N2CCN(C(=O)Cc3csc(-c4ccccc4Cl)n3)CC2)c(C)c1. The highest BCUT2D eigenvalue weighted by molar-refractivity contribution is 7.89. The Kier molecular flexibility index (Phi) is 6.67. The summed E-state index contributed by atoms with van der Waals surface area (Å²) in [5.74, 6) is -0.0513. The van der Waals surface area contributed by atoms with Gasteiger partial charge in [0.15, 0.2) is 0 Å². The van der Waals surface area contributed by atoms with Crippen LogP contribution in [0.4, 0.5) is 0 Å². The molecule has 1 amide bonds. The highest BCUT2D eigenvalue weighted by Gasteiger charge is 2.31. The molecule has 0 saturated carbocycles. The Morgan fingerprint density at radius 1 is 1.09 bits per heavy atom. The second-order valence-electron chi connectivity index (χ2n) is 7.85. The van der Waals surface area contributed by atoms with Crippen molar-refractivity contribution in [2.24, 2.45) is 0 Å². The number of halogens is 1. The molecule has 9 heteroatoms. The van der Waals surface area contributed by atoms with Crippen LogP contribution in [0.25, 0.3) is 10.6 Å². The third kappa shape index (κ3) is 4.73. The lowest BCUT2D eigenvalue weighted by atomic mass is 10.2. The number of sulfonamides is 1. The van der Waals surface area contributed by atoms with Crippen molar-refractivity contribution in [2.45, 2.75) is 25.2 Å². The van der Waals surface area contributed by atoms with Gasteiger partial charge in [-0.05, 0) is 31.5 Å². The van der Waals surface area contributed by atoms with Crippen LogP contribution in [0.15, 0.2) is 52.7 Å². The monoisotopic (exact) mass is 489 g/mol. The molecule has 168 valence electrons. The van der Waals surface area contributed by atoms with E-state index in [2.05, 4.69) is 4.98 Å². The zero-order valence-electron chi connectivity index (χ0n) is 17.9. The molecule has 4 rings (SSSR count). The Hall–Kier alpha value is -2.26. The standard InChI is InChI=1S/C23H24ClN3O3S2/c1-16-7-8-21(17(2)13-16)32(29,30)27-11-9-26(10-12-27)22(28)14-18-15-31-23(25-18)19-5-3-4-6-20(19)24/h3-8,13,15H,9-12,14H2,1-2H3. The van der Waals surface area contributed by atoms with Crippen molar-refractivity contribution >= 4 is 38.9 Å². The number of hydrogen-bond acceptors (Lipinski definition) is 5. The first-order valence-corrected chi connectivity index (χ1v) is 13.0. The van der Waals surface area contributed by atoms with Crippen LogP contribution >= 0.6 is 22.9 Å². The van der Waals surface area contributed by atoms with Crippen molar-refractivity contribution in [3.8, 4) is 10.6 Å². The van der Waals surface area contributed by atoms with Crippen molar-refractivity contribution in [1.29, 1.82) is 0 Å². The van der Waals surface area contributed by atoms with Crippen molar-refractivity contribution in [2.75, 3.05) is 26.2 Å². The zero-order valence-corrected chi connectivity index (χ0v) is 20.3. The Labute approximate surface area is 197 Å². The van der Waals surface area contributed by atoms with Crippen LogP contribution in [0.2, 0.25) is 5.02 Å². The molecule has 1 aromatic heterocycles. The lowest BCUT2D eigenvalue weighted by molar-refractivity contribution is -0.131. The van der Waals surface area contributed by atoms with Gasteiger partial charge in [-0.2, -0.15) is 4.31 Å². The molecular formula is C23H24ClN3O3S2. The largest absolute Gasteiger partial charge is 0.340 e. The van der Waals surface area contributed by atoms with E-state index in [4.69, 9.17) is 11.6 Å². The van der Waals surface area contributed by atoms with Crippen LogP contribution < -0.4 is 0 Å². The van der Waals surface area contributed by atoms with Gasteiger partial charge in [0.1, 0.15) is 5.01 Å². The topological polar surface area (TPSA) is 70.6 Å². The van der Waals surface area contributed by atoms with Crippen LogP contribution in [0.1, 0.15) is 16.8 Å². The van der Waals surface area contributed by atoms with Crippen molar-refractivity contribution < 1.29 is 13.2 Å². The van der Waals surface area contributed by atoms with Crippen LogP contribution in [0, 0.1) is 13.8 Å². The number of benzene rings is 2. The average molecular weight is 490 g/mol. The molecule has 0 spiro atoms. The van der Waals surface area contributed by atoms with E-state index in [1.807, 2.05) is 55.6 Å². The first-order chi connectivity index (χ1) is 15.3. The quantitative estimate of drug-likeness (QED) is 0.539. The number of carbonyl (C=O) groups excluding carboxylic acids is 1. The molecule has 32 heavy (non-hydrogen) atoms. The first-order valence-electron chi connectivity index (χ1n) is 10.3. The highest BCUT2D eigenvalue weighted by atomic mass is 35.5. The maximum Gasteiger partial charge on any atom is 0.243 e. The number of rotatable bonds is 5. The second-order valence-corrected chi connectivity index (χ2v) is 11.0. The summed E-state index contributed by atoms with van der Waals surface area (Å²) >= 11 is 7.70. The van der Waals surface area contributed by atoms with E-state index in [0.717, 1.165) is 21.7 Å². The molecule has 1 aliphatic rings. The van der Waals surface area contributed by atoms with Crippen molar-refractivity contribution in [3.63, 3.8) is 0 Å². The van der Waals surface area contributed by atoms with E-state index < -0.39 is 10.0 Å². The van der Waals surface area contributed by atoms with Crippen molar-refractivity contribution in [1.82, 2.24) is 14.2 Å². The van der Waals surface area contributed by atoms with E-state index in [-0.39, 0.29) is 25.4 Å². The summed E-state index contributed by atoms with van der Waals surface area (Å²) in [5.41, 5.74) is 3.31. The fourth-order valence-corrected chi connectivity index (χ4v) is 6.59. The average Bonchev–Trinajstić information content (AvgIpc) is 3.22. The van der Waals surface area contributed by atoms with Gasteiger partial charge in [-0.25, -0.2) is 13.4 Å². The maximum atomic E-state index is 13.1. The van der Waals surface area contributed by atoms with Gasteiger partial charge < -0.3 is 4.90 Å². The van der Waals surface area contributed by atoms with Gasteiger partial charge in [-0.3, -0.25) is 4.79 Å². The fourth-order valence-electron chi connectivity index (χ4n) is 3.82. The molecule has 0 N–H and O–H groups in total. The Balaban J connectivity index is 1.38. The predicted octanol–water partition coefficient (Wildman–Crippen LogP) is 4.16. The molecule has 0 bridgehead atoms. The van der Waals surface area contributed by atoms with Gasteiger partial charge in [0.25, 0.3) is 0 Å². The van der Waals surface area contributed by atoms with Gasteiger partial charge in [0.05, 0.1) is 22.0 Å². The third-order valence-corrected chi connectivity index (χ3v) is 8.84. The van der Waals surface area contributed by atoms with Gasteiger partial charge in [0, 0.05) is 37.1 Å². The highest BCUT2D eigenvalue weighted by Crippen LogP contribution is 2.30. The Morgan fingerprint density at radius 2 is 1.81 bits per heavy atom. The minimum atomic E-state index is -3.58. The molecule has 2 aromatic carbocycles. The zero-order chi connectivity index (χ0) is 22.9. The summed E-state index contributed by atoms with van der Waals surface area (Å²) < 4.78 is 27.6. The van der Waals surface area contributed by atoms with Crippen molar-refractivity contribution in [3.05, 3.63) is 69.7 Å². The Bertz CT molecular complexity index is 1250. The van der Waals surface area contributed by atoms with E-state index in [0.29, 0.717) is 28.7 Å². The molecule has 0 atom stereocenters. The van der Waals surface area contributed by atoms with Crippen LogP contribution in [-0.2, 0) is 21.2 Å². The number of amides is 1. The number of aryl methyl sites for hydroxylation is 2. The molecule has 1 aliphatic heterocycles. The van der Waals surface area contributed by atoms with Gasteiger partial charge >= 0.3 is 0 Å². The molecule has 0 radical (unpaired) electrons. The molecule has 0 aliphatic carbocycles. The minimum Gasteiger partial charge on any atom is -0.340 e. The number of piperazine rings is 1. The van der Waals surface area contributed by atoms with E-state index >= 15 is 0 Å². The summed E-state index contributed by atoms with van der Waals surface area (Å²) in [7, 11) is -3.58. The number of hydrogen-bond donors (Lipinski definition) is 0. The molecule has 1 fully saturated rings. The second kappa shape index (κ2) is 9.31. The van der Waals surface area contributed by atoms with E-state index in [1.165, 1.54) is 15.6 Å². The predicted molar refractivity (Wildman–Crippen MR) is 128 cm³/mol. The Morgan fingerprint density at radius 3 is 2.50 bits per heavy atom. The summed E-state index contributed by atoms with van der Waals surface area (Å²) in [5, 5.41) is 3.28. The van der Waals surface area contributed by atoms with Gasteiger partial charge in [0.2, 0.25) is 15.9 Å². The summed E-state index contributed by atoms with van der Waals surface area (Å²) in [4.78, 5) is 19.4. The lowest BCUT2D eigenvalue weighted by Crippen LogP contribution is -2.51. The third-order valence-electron chi connectivity index (χ3n) is 5.53. The molecule has 3 aromatic rings.